The molecular formula is C25H27F2NO3. The number of halogens is 2. The zero-order valence-corrected chi connectivity index (χ0v) is 18.0. The maximum atomic E-state index is 13.3. The normalized spacial score (nSPS) is 23.4. The first-order valence-electron chi connectivity index (χ1n) is 10.5. The topological polar surface area (TPSA) is 38.8 Å². The number of likely N-dealkylation sites (N-methyl/N-ethyl adjacent to an activating group) is 1. The van der Waals surface area contributed by atoms with Crippen LogP contribution < -0.4 is 4.74 Å². The van der Waals surface area contributed by atoms with E-state index in [1.807, 2.05) is 19.1 Å². The summed E-state index contributed by atoms with van der Waals surface area (Å²) in [5, 5.41) is 0. The summed E-state index contributed by atoms with van der Waals surface area (Å²) in [5.74, 6) is 0.686. The molecule has 1 aliphatic heterocycles. The van der Waals surface area contributed by atoms with Crippen LogP contribution in [0.5, 0.6) is 5.75 Å². The number of fused-ring (bicyclic) bond motifs is 1. The molecule has 2 atom stereocenters. The molecule has 4 rings (SSSR count). The van der Waals surface area contributed by atoms with E-state index in [9.17, 15) is 13.6 Å². The first-order valence-corrected chi connectivity index (χ1v) is 10.5. The highest BCUT2D eigenvalue weighted by Gasteiger charge is 2.49. The summed E-state index contributed by atoms with van der Waals surface area (Å²) in [4.78, 5) is 15.0. The van der Waals surface area contributed by atoms with E-state index in [1.165, 1.54) is 23.8 Å². The van der Waals surface area contributed by atoms with Gasteiger partial charge in [0.2, 0.25) is 0 Å². The Balaban J connectivity index is 1.60. The molecule has 0 aromatic heterocycles. The zero-order chi connectivity index (χ0) is 22.2. The first-order chi connectivity index (χ1) is 14.9. The number of methoxy groups -OCH3 is 1. The van der Waals surface area contributed by atoms with Gasteiger partial charge in [0, 0.05) is 23.4 Å². The highest BCUT2D eigenvalue weighted by molar-refractivity contribution is 5.91. The summed E-state index contributed by atoms with van der Waals surface area (Å²) < 4.78 is 37.6. The van der Waals surface area contributed by atoms with Crippen molar-refractivity contribution in [3.63, 3.8) is 0 Å². The minimum atomic E-state index is -2.73. The van der Waals surface area contributed by atoms with E-state index in [4.69, 9.17) is 9.47 Å². The van der Waals surface area contributed by atoms with Gasteiger partial charge in [-0.2, -0.15) is 0 Å². The number of nitrogens with zero attached hydrogens (tertiary/aromatic N) is 1. The number of ether oxygens (including phenoxy) is 2. The maximum Gasteiger partial charge on any atom is 0.343 e. The van der Waals surface area contributed by atoms with Crippen molar-refractivity contribution in [2.45, 2.75) is 44.1 Å². The molecular weight excluding hydrogens is 400 g/mol. The van der Waals surface area contributed by atoms with E-state index < -0.39 is 12.4 Å². The molecule has 0 N–H and O–H groups in total. The Labute approximate surface area is 181 Å². The van der Waals surface area contributed by atoms with Gasteiger partial charge in [0.15, 0.2) is 0 Å². The third-order valence-electron chi connectivity index (χ3n) is 6.78. The predicted molar refractivity (Wildman–Crippen MR) is 115 cm³/mol. The molecule has 6 heteroatoms. The lowest BCUT2D eigenvalue weighted by Gasteiger charge is -2.41. The number of carbonyl (C=O) groups is 1. The zero-order valence-electron chi connectivity index (χ0n) is 18.0. The van der Waals surface area contributed by atoms with E-state index in [2.05, 4.69) is 24.1 Å². The Kier molecular flexibility index (Phi) is 5.84. The molecule has 0 amide bonds. The van der Waals surface area contributed by atoms with Gasteiger partial charge in [0.25, 0.3) is 6.43 Å². The monoisotopic (exact) mass is 427 g/mol. The molecule has 2 aromatic carbocycles. The summed E-state index contributed by atoms with van der Waals surface area (Å²) in [6, 6.07) is 12.2. The number of aryl methyl sites for hydroxylation is 1. The van der Waals surface area contributed by atoms with Crippen LogP contribution in [0, 0.1) is 6.92 Å². The smallest absolute Gasteiger partial charge is 0.343 e. The van der Waals surface area contributed by atoms with Crippen LogP contribution >= 0.6 is 0 Å². The lowest BCUT2D eigenvalue weighted by molar-refractivity contribution is 0.0568. The van der Waals surface area contributed by atoms with E-state index in [0.717, 1.165) is 30.7 Å². The summed E-state index contributed by atoms with van der Waals surface area (Å²) >= 11 is 0. The number of allylic oxidation sites excluding steroid dienone is 1. The molecule has 164 valence electrons. The van der Waals surface area contributed by atoms with Crippen molar-refractivity contribution in [3.8, 4) is 5.75 Å². The van der Waals surface area contributed by atoms with Gasteiger partial charge in [-0.3, -0.25) is 0 Å². The third kappa shape index (κ3) is 3.85. The van der Waals surface area contributed by atoms with Crippen molar-refractivity contribution in [2.75, 3.05) is 20.7 Å². The highest BCUT2D eigenvalue weighted by Crippen LogP contribution is 2.48. The first kappa shape index (κ1) is 21.5. The summed E-state index contributed by atoms with van der Waals surface area (Å²) in [6.45, 7) is 2.98. The standard InChI is InChI=1S/C25H27F2NO3/c1-16-14-17(8-9-21(16)30-3)25-11-10-18(15-22(25)28(2)13-12-25)31-24(29)20-7-5-4-6-19(20)23(26)27/h4-10,14,22-23H,11-13,15H2,1-3H3. The van der Waals surface area contributed by atoms with Gasteiger partial charge in [-0.15, -0.1) is 0 Å². The molecule has 2 aromatic rings. The lowest BCUT2D eigenvalue weighted by atomic mass is 9.68. The van der Waals surface area contributed by atoms with Gasteiger partial charge in [-0.25, -0.2) is 13.6 Å². The van der Waals surface area contributed by atoms with Gasteiger partial charge >= 0.3 is 5.97 Å². The van der Waals surface area contributed by atoms with Crippen molar-refractivity contribution in [1.82, 2.24) is 4.90 Å². The number of hydrogen-bond donors (Lipinski definition) is 0. The van der Waals surface area contributed by atoms with E-state index >= 15 is 0 Å². The fourth-order valence-electron chi connectivity index (χ4n) is 5.05. The Bertz CT molecular complexity index is 1020. The Morgan fingerprint density at radius 2 is 2.00 bits per heavy atom. The van der Waals surface area contributed by atoms with Crippen molar-refractivity contribution < 1.29 is 23.0 Å². The Morgan fingerprint density at radius 1 is 1.23 bits per heavy atom. The van der Waals surface area contributed by atoms with Crippen LogP contribution in [0.2, 0.25) is 0 Å². The van der Waals surface area contributed by atoms with E-state index in [-0.39, 0.29) is 22.6 Å². The summed E-state index contributed by atoms with van der Waals surface area (Å²) in [5.41, 5.74) is 1.89. The molecule has 1 fully saturated rings. The van der Waals surface area contributed by atoms with Crippen LogP contribution in [0.15, 0.2) is 54.3 Å². The van der Waals surface area contributed by atoms with Crippen LogP contribution in [0.3, 0.4) is 0 Å². The Morgan fingerprint density at radius 3 is 2.71 bits per heavy atom. The minimum Gasteiger partial charge on any atom is -0.496 e. The largest absolute Gasteiger partial charge is 0.496 e. The number of alkyl halides is 2. The quantitative estimate of drug-likeness (QED) is 0.598. The highest BCUT2D eigenvalue weighted by atomic mass is 19.3. The minimum absolute atomic E-state index is 0.0669. The van der Waals surface area contributed by atoms with Crippen molar-refractivity contribution >= 4 is 5.97 Å². The average molecular weight is 427 g/mol. The van der Waals surface area contributed by atoms with Crippen LogP contribution in [0.1, 0.15) is 52.7 Å². The molecule has 1 heterocycles. The summed E-state index contributed by atoms with van der Waals surface area (Å²) in [7, 11) is 3.75. The van der Waals surface area contributed by atoms with Crippen LogP contribution in [-0.4, -0.2) is 37.6 Å². The average Bonchev–Trinajstić information content (AvgIpc) is 3.11. The second kappa shape index (κ2) is 8.42. The van der Waals surface area contributed by atoms with Gasteiger partial charge in [0.1, 0.15) is 11.5 Å². The fourth-order valence-corrected chi connectivity index (χ4v) is 5.05. The van der Waals surface area contributed by atoms with Gasteiger partial charge in [0.05, 0.1) is 12.7 Å². The lowest BCUT2D eigenvalue weighted by Crippen LogP contribution is -2.43. The van der Waals surface area contributed by atoms with Gasteiger partial charge < -0.3 is 14.4 Å². The number of carbonyl (C=O) groups excluding carboxylic acids is 1. The maximum absolute atomic E-state index is 13.3. The number of hydrogen-bond acceptors (Lipinski definition) is 4. The van der Waals surface area contributed by atoms with Crippen molar-refractivity contribution in [3.05, 3.63) is 76.6 Å². The number of esters is 1. The molecule has 2 aliphatic rings. The molecule has 0 saturated carbocycles. The van der Waals surface area contributed by atoms with Crippen molar-refractivity contribution in [1.29, 1.82) is 0 Å². The molecule has 2 unspecified atom stereocenters. The predicted octanol–water partition coefficient (Wildman–Crippen LogP) is 5.42. The van der Waals surface area contributed by atoms with Crippen LogP contribution in [0.25, 0.3) is 0 Å². The molecule has 4 nitrogen and oxygen atoms in total. The number of rotatable bonds is 5. The summed E-state index contributed by atoms with van der Waals surface area (Å²) in [6.07, 6.45) is 1.53. The van der Waals surface area contributed by atoms with E-state index in [1.54, 1.807) is 13.2 Å². The van der Waals surface area contributed by atoms with Gasteiger partial charge in [-0.1, -0.05) is 30.3 Å². The SMILES string of the molecule is COc1ccc(C23CC=C(OC(=O)c4ccccc4C(F)F)CC2N(C)CC3)cc1C. The van der Waals surface area contributed by atoms with Crippen LogP contribution in [-0.2, 0) is 10.2 Å². The third-order valence-corrected chi connectivity index (χ3v) is 6.78. The molecule has 31 heavy (non-hydrogen) atoms. The molecule has 1 aliphatic carbocycles. The molecule has 1 saturated heterocycles. The number of likely N-dealkylation sites (tertiary alicyclic amines) is 1. The van der Waals surface area contributed by atoms with E-state index in [0.29, 0.717) is 12.2 Å². The molecule has 0 radical (unpaired) electrons. The van der Waals surface area contributed by atoms with Crippen LogP contribution in [0.4, 0.5) is 8.78 Å². The second-order valence-electron chi connectivity index (χ2n) is 8.44. The van der Waals surface area contributed by atoms with Crippen molar-refractivity contribution in [2.24, 2.45) is 0 Å². The second-order valence-corrected chi connectivity index (χ2v) is 8.44. The fraction of sp³-hybridized carbons (Fsp3) is 0.400. The van der Waals surface area contributed by atoms with Gasteiger partial charge in [-0.05, 0) is 62.7 Å². The molecule has 0 bridgehead atoms. The Hall–Kier alpha value is -2.73. The number of benzene rings is 2. The molecule has 0 spiro atoms.